The lowest BCUT2D eigenvalue weighted by atomic mass is 10.1. The van der Waals surface area contributed by atoms with Gasteiger partial charge in [-0.25, -0.2) is 0 Å². The summed E-state index contributed by atoms with van der Waals surface area (Å²) >= 11 is 6.13. The first-order valence-electron chi connectivity index (χ1n) is 8.68. The zero-order chi connectivity index (χ0) is 20.8. The van der Waals surface area contributed by atoms with Gasteiger partial charge in [0.2, 0.25) is 0 Å². The van der Waals surface area contributed by atoms with Crippen LogP contribution in [0.4, 0.5) is 17.1 Å². The number of hydrogen-bond acceptors (Lipinski definition) is 5. The van der Waals surface area contributed by atoms with E-state index in [0.29, 0.717) is 27.7 Å². The molecular weight excluding hydrogens is 394 g/mol. The molecule has 0 spiro atoms. The second kappa shape index (κ2) is 9.07. The number of nitrogens with one attached hydrogen (secondary N) is 2. The van der Waals surface area contributed by atoms with Crippen LogP contribution in [0, 0.1) is 10.1 Å². The molecule has 29 heavy (non-hydrogen) atoms. The molecule has 0 bridgehead atoms. The fourth-order valence-electron chi connectivity index (χ4n) is 2.78. The standard InChI is InChI=1S/C21H18ClN3O4/c1-29-19-11-10-16(13-18(19)22)24-21(26)20(14-6-3-2-4-7-14)23-15-8-5-9-17(12-15)25(27)28/h2-13,20,23H,1H3,(H,24,26)/t20-/m0/s1. The molecule has 3 aromatic carbocycles. The molecule has 3 rings (SSSR count). The van der Waals surface area contributed by atoms with E-state index in [1.54, 1.807) is 42.5 Å². The van der Waals surface area contributed by atoms with Crippen LogP contribution in [0.15, 0.2) is 72.8 Å². The van der Waals surface area contributed by atoms with Gasteiger partial charge >= 0.3 is 0 Å². The van der Waals surface area contributed by atoms with Gasteiger partial charge in [-0.2, -0.15) is 0 Å². The summed E-state index contributed by atoms with van der Waals surface area (Å²) in [6.07, 6.45) is 0. The van der Waals surface area contributed by atoms with Crippen LogP contribution in [0.3, 0.4) is 0 Å². The van der Waals surface area contributed by atoms with Gasteiger partial charge in [-0.1, -0.05) is 48.0 Å². The largest absolute Gasteiger partial charge is 0.495 e. The molecule has 1 amide bonds. The number of carbonyl (C=O) groups is 1. The van der Waals surface area contributed by atoms with Crippen molar-refractivity contribution in [3.8, 4) is 5.75 Å². The quantitative estimate of drug-likeness (QED) is 0.419. The van der Waals surface area contributed by atoms with E-state index >= 15 is 0 Å². The van der Waals surface area contributed by atoms with Crippen molar-refractivity contribution in [2.45, 2.75) is 6.04 Å². The number of anilines is 2. The first-order chi connectivity index (χ1) is 14.0. The minimum absolute atomic E-state index is 0.0656. The fourth-order valence-corrected chi connectivity index (χ4v) is 3.04. The summed E-state index contributed by atoms with van der Waals surface area (Å²) < 4.78 is 5.12. The van der Waals surface area contributed by atoms with Crippen LogP contribution in [-0.2, 0) is 4.79 Å². The van der Waals surface area contributed by atoms with Gasteiger partial charge in [0.15, 0.2) is 0 Å². The summed E-state index contributed by atoms with van der Waals surface area (Å²) in [7, 11) is 1.51. The van der Waals surface area contributed by atoms with Crippen molar-refractivity contribution in [2.24, 2.45) is 0 Å². The Kier molecular flexibility index (Phi) is 6.31. The summed E-state index contributed by atoms with van der Waals surface area (Å²) in [6.45, 7) is 0. The number of nitro benzene ring substituents is 1. The molecule has 0 aromatic heterocycles. The van der Waals surface area contributed by atoms with Gasteiger partial charge in [0.1, 0.15) is 11.8 Å². The lowest BCUT2D eigenvalue weighted by Gasteiger charge is -2.20. The predicted octanol–water partition coefficient (Wildman–Crippen LogP) is 5.05. The number of non-ortho nitro benzene ring substituents is 1. The zero-order valence-corrected chi connectivity index (χ0v) is 16.2. The van der Waals surface area contributed by atoms with Gasteiger partial charge in [0.25, 0.3) is 11.6 Å². The van der Waals surface area contributed by atoms with Crippen LogP contribution in [0.1, 0.15) is 11.6 Å². The molecule has 0 unspecified atom stereocenters. The van der Waals surface area contributed by atoms with Crippen molar-refractivity contribution >= 4 is 34.6 Å². The number of benzene rings is 3. The predicted molar refractivity (Wildman–Crippen MR) is 113 cm³/mol. The van der Waals surface area contributed by atoms with Gasteiger partial charge in [-0.3, -0.25) is 14.9 Å². The molecule has 0 aliphatic carbocycles. The number of hydrogen-bond donors (Lipinski definition) is 2. The molecule has 148 valence electrons. The van der Waals surface area contributed by atoms with Crippen LogP contribution in [0.25, 0.3) is 0 Å². The van der Waals surface area contributed by atoms with Crippen LogP contribution in [-0.4, -0.2) is 17.9 Å². The smallest absolute Gasteiger partial charge is 0.271 e. The summed E-state index contributed by atoms with van der Waals surface area (Å²) in [5, 5.41) is 17.3. The molecule has 0 aliphatic heterocycles. The molecule has 7 nitrogen and oxygen atoms in total. The second-order valence-corrected chi connectivity index (χ2v) is 6.54. The zero-order valence-electron chi connectivity index (χ0n) is 15.5. The normalized spacial score (nSPS) is 11.4. The monoisotopic (exact) mass is 411 g/mol. The first-order valence-corrected chi connectivity index (χ1v) is 9.06. The summed E-state index contributed by atoms with van der Waals surface area (Å²) in [5.74, 6) is 0.155. The van der Waals surface area contributed by atoms with E-state index in [9.17, 15) is 14.9 Å². The Morgan fingerprint density at radius 1 is 1.03 bits per heavy atom. The minimum atomic E-state index is -0.779. The molecule has 0 saturated carbocycles. The van der Waals surface area contributed by atoms with Crippen molar-refractivity contribution in [3.05, 3.63) is 93.5 Å². The molecule has 0 fully saturated rings. The fraction of sp³-hybridized carbons (Fsp3) is 0.0952. The van der Waals surface area contributed by atoms with Crippen molar-refractivity contribution < 1.29 is 14.5 Å². The molecule has 8 heteroatoms. The lowest BCUT2D eigenvalue weighted by Crippen LogP contribution is -2.27. The topological polar surface area (TPSA) is 93.5 Å². The highest BCUT2D eigenvalue weighted by Gasteiger charge is 2.21. The average molecular weight is 412 g/mol. The summed E-state index contributed by atoms with van der Waals surface area (Å²) in [6, 6.07) is 19.2. The number of halogens is 1. The third kappa shape index (κ3) is 5.03. The van der Waals surface area contributed by atoms with Crippen LogP contribution in [0.2, 0.25) is 5.02 Å². The maximum Gasteiger partial charge on any atom is 0.271 e. The van der Waals surface area contributed by atoms with E-state index in [-0.39, 0.29) is 11.6 Å². The SMILES string of the molecule is COc1ccc(NC(=O)[C@@H](Nc2cccc([N+](=O)[O-])c2)c2ccccc2)cc1Cl. The molecular formula is C21H18ClN3O4. The number of carbonyl (C=O) groups excluding carboxylic acids is 1. The Morgan fingerprint density at radius 2 is 1.79 bits per heavy atom. The number of nitro groups is 1. The Balaban J connectivity index is 1.87. The van der Waals surface area contributed by atoms with E-state index in [4.69, 9.17) is 16.3 Å². The number of amides is 1. The van der Waals surface area contributed by atoms with E-state index in [1.807, 2.05) is 18.2 Å². The number of ether oxygens (including phenoxy) is 1. The molecule has 0 aliphatic rings. The third-order valence-electron chi connectivity index (χ3n) is 4.18. The summed E-state index contributed by atoms with van der Waals surface area (Å²) in [5.41, 5.74) is 1.60. The van der Waals surface area contributed by atoms with E-state index in [0.717, 1.165) is 0 Å². The highest BCUT2D eigenvalue weighted by molar-refractivity contribution is 6.32. The summed E-state index contributed by atoms with van der Waals surface area (Å²) in [4.78, 5) is 23.6. The van der Waals surface area contributed by atoms with Crippen molar-refractivity contribution in [1.82, 2.24) is 0 Å². The van der Waals surface area contributed by atoms with E-state index in [2.05, 4.69) is 10.6 Å². The minimum Gasteiger partial charge on any atom is -0.495 e. The second-order valence-electron chi connectivity index (χ2n) is 6.13. The first kappa shape index (κ1) is 20.2. The molecule has 1 atom stereocenters. The Labute approximate surface area is 172 Å². The maximum absolute atomic E-state index is 13.0. The highest BCUT2D eigenvalue weighted by Crippen LogP contribution is 2.29. The van der Waals surface area contributed by atoms with Crippen molar-refractivity contribution in [1.29, 1.82) is 0 Å². The van der Waals surface area contributed by atoms with Crippen LogP contribution in [0.5, 0.6) is 5.75 Å². The molecule has 0 saturated heterocycles. The third-order valence-corrected chi connectivity index (χ3v) is 4.48. The Bertz CT molecular complexity index is 1030. The maximum atomic E-state index is 13.0. The number of methoxy groups -OCH3 is 1. The number of rotatable bonds is 7. The van der Waals surface area contributed by atoms with Crippen LogP contribution < -0.4 is 15.4 Å². The van der Waals surface area contributed by atoms with Gasteiger partial charge in [-0.05, 0) is 29.8 Å². The Hall–Kier alpha value is -3.58. The highest BCUT2D eigenvalue weighted by atomic mass is 35.5. The average Bonchev–Trinajstić information content (AvgIpc) is 2.73. The molecule has 0 heterocycles. The Morgan fingerprint density at radius 3 is 2.45 bits per heavy atom. The molecule has 3 aromatic rings. The lowest BCUT2D eigenvalue weighted by molar-refractivity contribution is -0.384. The van der Waals surface area contributed by atoms with Crippen LogP contribution >= 0.6 is 11.6 Å². The molecule has 0 radical (unpaired) electrons. The van der Waals surface area contributed by atoms with Gasteiger partial charge in [0, 0.05) is 23.5 Å². The van der Waals surface area contributed by atoms with Gasteiger partial charge < -0.3 is 15.4 Å². The number of nitrogens with zero attached hydrogens (tertiary/aromatic N) is 1. The van der Waals surface area contributed by atoms with Crippen molar-refractivity contribution in [3.63, 3.8) is 0 Å². The van der Waals surface area contributed by atoms with E-state index in [1.165, 1.54) is 19.2 Å². The molecule has 2 N–H and O–H groups in total. The van der Waals surface area contributed by atoms with Gasteiger partial charge in [-0.15, -0.1) is 0 Å². The van der Waals surface area contributed by atoms with Gasteiger partial charge in [0.05, 0.1) is 17.1 Å². The van der Waals surface area contributed by atoms with E-state index < -0.39 is 11.0 Å². The van der Waals surface area contributed by atoms with Crippen molar-refractivity contribution in [2.75, 3.05) is 17.7 Å².